The summed E-state index contributed by atoms with van der Waals surface area (Å²) in [6.07, 6.45) is 4.37. The Hall–Kier alpha value is -1.50. The van der Waals surface area contributed by atoms with E-state index >= 15 is 0 Å². The molecule has 0 radical (unpaired) electrons. The average Bonchev–Trinajstić information content (AvgIpc) is 2.42. The largest absolute Gasteiger partial charge is 0.370 e. The Labute approximate surface area is 174 Å². The SMILES string of the molecule is CC(C)(C)CCCN.CC(C)(C)CCN=C(N)N.CC(C)(C)CCNC(N)=O. The van der Waals surface area contributed by atoms with Crippen LogP contribution in [0.15, 0.2) is 4.99 Å². The van der Waals surface area contributed by atoms with Crippen molar-refractivity contribution in [1.82, 2.24) is 5.32 Å². The highest BCUT2D eigenvalue weighted by molar-refractivity contribution is 5.75. The number of hydrogen-bond donors (Lipinski definition) is 5. The second kappa shape index (κ2) is 15.4. The van der Waals surface area contributed by atoms with Crippen molar-refractivity contribution in [2.45, 2.75) is 88.0 Å². The van der Waals surface area contributed by atoms with Gasteiger partial charge in [-0.2, -0.15) is 0 Å². The molecule has 2 amide bonds. The fourth-order valence-corrected chi connectivity index (χ4v) is 1.71. The molecule has 0 saturated carbocycles. The molecule has 0 aliphatic carbocycles. The van der Waals surface area contributed by atoms with Crippen molar-refractivity contribution in [3.8, 4) is 0 Å². The third-order valence-corrected chi connectivity index (χ3v) is 3.46. The standard InChI is InChI=1S/C7H17N3.C7H16N2O.C7H17N/c1-7(2,3)4-5-10-6(8)9;1-7(2,3)4-5-9-6(8)10;1-7(2,3)5-4-6-8/h4-5H2,1-3H3,(H4,8,9,10);4-5H2,1-3H3,(H3,8,9,10);4-6,8H2,1-3H3. The van der Waals surface area contributed by atoms with Gasteiger partial charge in [0.2, 0.25) is 0 Å². The maximum absolute atomic E-state index is 10.2. The Kier molecular flexibility index (Phi) is 17.2. The van der Waals surface area contributed by atoms with Gasteiger partial charge in [0.15, 0.2) is 5.96 Å². The lowest BCUT2D eigenvalue weighted by Gasteiger charge is -2.17. The molecule has 0 aliphatic heterocycles. The summed E-state index contributed by atoms with van der Waals surface area (Å²) in [6, 6.07) is -0.441. The molecule has 9 N–H and O–H groups in total. The number of nitrogens with two attached hydrogens (primary N) is 4. The van der Waals surface area contributed by atoms with Gasteiger partial charge in [-0.25, -0.2) is 4.79 Å². The van der Waals surface area contributed by atoms with Crippen molar-refractivity contribution >= 4 is 12.0 Å². The lowest BCUT2D eigenvalue weighted by Crippen LogP contribution is -2.31. The number of nitrogens with one attached hydrogen (secondary N) is 1. The highest BCUT2D eigenvalue weighted by Crippen LogP contribution is 2.19. The first-order valence-corrected chi connectivity index (χ1v) is 10.2. The van der Waals surface area contributed by atoms with Gasteiger partial charge in [-0.15, -0.1) is 0 Å². The molecular formula is C21H50N6O. The number of primary amides is 1. The first-order valence-electron chi connectivity index (χ1n) is 10.2. The van der Waals surface area contributed by atoms with E-state index in [9.17, 15) is 4.79 Å². The molecule has 0 fully saturated rings. The van der Waals surface area contributed by atoms with Crippen LogP contribution in [0.2, 0.25) is 0 Å². The van der Waals surface area contributed by atoms with Crippen LogP contribution in [-0.4, -0.2) is 31.6 Å². The molecule has 0 aliphatic rings. The number of amides is 2. The van der Waals surface area contributed by atoms with Gasteiger partial charge in [0.1, 0.15) is 0 Å². The van der Waals surface area contributed by atoms with Gasteiger partial charge in [0.05, 0.1) is 0 Å². The highest BCUT2D eigenvalue weighted by atomic mass is 16.2. The third kappa shape index (κ3) is 44.2. The Morgan fingerprint density at radius 3 is 1.46 bits per heavy atom. The van der Waals surface area contributed by atoms with Crippen LogP contribution in [0.1, 0.15) is 88.0 Å². The summed E-state index contributed by atoms with van der Waals surface area (Å²) in [5.41, 5.74) is 21.6. The molecule has 7 heteroatoms. The fraction of sp³-hybridized carbons (Fsp3) is 0.905. The van der Waals surface area contributed by atoms with Crippen molar-refractivity contribution in [3.63, 3.8) is 0 Å². The molecule has 0 saturated heterocycles. The molecule has 0 rings (SSSR count). The number of nitrogens with zero attached hydrogens (tertiary/aromatic N) is 1. The second-order valence-electron chi connectivity index (χ2n) is 10.7. The molecule has 0 spiro atoms. The van der Waals surface area contributed by atoms with E-state index in [1.54, 1.807) is 0 Å². The summed E-state index contributed by atoms with van der Waals surface area (Å²) in [5, 5.41) is 2.54. The molecule has 170 valence electrons. The number of carbonyl (C=O) groups is 1. The molecule has 28 heavy (non-hydrogen) atoms. The van der Waals surface area contributed by atoms with E-state index < -0.39 is 6.03 Å². The number of guanidine groups is 1. The smallest absolute Gasteiger partial charge is 0.312 e. The Bertz CT molecular complexity index is 410. The molecule has 0 atom stereocenters. The van der Waals surface area contributed by atoms with Gasteiger partial charge in [-0.1, -0.05) is 62.3 Å². The zero-order valence-electron chi connectivity index (χ0n) is 20.1. The van der Waals surface area contributed by atoms with Crippen molar-refractivity contribution in [2.24, 2.45) is 44.2 Å². The maximum atomic E-state index is 10.2. The monoisotopic (exact) mass is 402 g/mol. The van der Waals surface area contributed by atoms with Crippen molar-refractivity contribution in [1.29, 1.82) is 0 Å². The van der Waals surface area contributed by atoms with E-state index in [1.165, 1.54) is 6.42 Å². The molecule has 7 nitrogen and oxygen atoms in total. The molecule has 0 aromatic heterocycles. The molecule has 0 bridgehead atoms. The maximum Gasteiger partial charge on any atom is 0.312 e. The van der Waals surface area contributed by atoms with E-state index in [0.29, 0.717) is 17.4 Å². The van der Waals surface area contributed by atoms with Crippen LogP contribution in [0, 0.1) is 16.2 Å². The third-order valence-electron chi connectivity index (χ3n) is 3.46. The van der Waals surface area contributed by atoms with E-state index in [2.05, 4.69) is 72.6 Å². The van der Waals surface area contributed by atoms with Crippen LogP contribution >= 0.6 is 0 Å². The van der Waals surface area contributed by atoms with E-state index in [4.69, 9.17) is 22.9 Å². The first kappa shape index (κ1) is 31.2. The Morgan fingerprint density at radius 1 is 0.786 bits per heavy atom. The van der Waals surface area contributed by atoms with Crippen molar-refractivity contribution < 1.29 is 4.79 Å². The summed E-state index contributed by atoms with van der Waals surface area (Å²) in [6.45, 7) is 21.8. The van der Waals surface area contributed by atoms with Crippen LogP contribution < -0.4 is 28.3 Å². The summed E-state index contributed by atoms with van der Waals surface area (Å²) in [5.74, 6) is 0.184. The fourth-order valence-electron chi connectivity index (χ4n) is 1.71. The van der Waals surface area contributed by atoms with Gasteiger partial charge in [0, 0.05) is 13.1 Å². The normalized spacial score (nSPS) is 11.4. The summed E-state index contributed by atoms with van der Waals surface area (Å²) < 4.78 is 0. The molecule has 0 heterocycles. The summed E-state index contributed by atoms with van der Waals surface area (Å²) in [7, 11) is 0. The van der Waals surface area contributed by atoms with Crippen molar-refractivity contribution in [3.05, 3.63) is 0 Å². The molecule has 0 aromatic rings. The molecule has 0 aromatic carbocycles. The number of carbonyl (C=O) groups excluding carboxylic acids is 1. The predicted molar refractivity (Wildman–Crippen MR) is 124 cm³/mol. The number of urea groups is 1. The zero-order chi connectivity index (χ0) is 23.0. The van der Waals surface area contributed by atoms with Crippen LogP contribution in [0.3, 0.4) is 0 Å². The lowest BCUT2D eigenvalue weighted by molar-refractivity contribution is 0.247. The van der Waals surface area contributed by atoms with Gasteiger partial charge in [-0.3, -0.25) is 4.99 Å². The predicted octanol–water partition coefficient (Wildman–Crippen LogP) is 3.56. The Morgan fingerprint density at radius 2 is 1.21 bits per heavy atom. The van der Waals surface area contributed by atoms with Crippen LogP contribution in [0.25, 0.3) is 0 Å². The lowest BCUT2D eigenvalue weighted by atomic mass is 9.91. The van der Waals surface area contributed by atoms with Gasteiger partial charge >= 0.3 is 6.03 Å². The number of hydrogen-bond acceptors (Lipinski definition) is 3. The minimum atomic E-state index is -0.441. The number of aliphatic imine (C=N–C) groups is 1. The summed E-state index contributed by atoms with van der Waals surface area (Å²) >= 11 is 0. The minimum Gasteiger partial charge on any atom is -0.370 e. The average molecular weight is 403 g/mol. The molecular weight excluding hydrogens is 352 g/mol. The molecule has 0 unspecified atom stereocenters. The van der Waals surface area contributed by atoms with Gasteiger partial charge in [-0.05, 0) is 48.5 Å². The first-order chi connectivity index (χ1) is 12.4. The van der Waals surface area contributed by atoms with Crippen LogP contribution in [0.4, 0.5) is 4.79 Å². The zero-order valence-corrected chi connectivity index (χ0v) is 20.1. The van der Waals surface area contributed by atoms with E-state index in [-0.39, 0.29) is 11.4 Å². The Balaban J connectivity index is -0.000000337. The van der Waals surface area contributed by atoms with Crippen LogP contribution in [0.5, 0.6) is 0 Å². The van der Waals surface area contributed by atoms with E-state index in [0.717, 1.165) is 32.4 Å². The van der Waals surface area contributed by atoms with Crippen LogP contribution in [-0.2, 0) is 0 Å². The van der Waals surface area contributed by atoms with Gasteiger partial charge in [0.25, 0.3) is 0 Å². The summed E-state index contributed by atoms with van der Waals surface area (Å²) in [4.78, 5) is 14.1. The topological polar surface area (TPSA) is 146 Å². The quantitative estimate of drug-likeness (QED) is 0.341. The number of rotatable bonds is 6. The van der Waals surface area contributed by atoms with E-state index in [1.807, 2.05) is 0 Å². The van der Waals surface area contributed by atoms with Crippen molar-refractivity contribution in [2.75, 3.05) is 19.6 Å². The van der Waals surface area contributed by atoms with Gasteiger partial charge < -0.3 is 28.3 Å². The minimum absolute atomic E-state index is 0.184. The highest BCUT2D eigenvalue weighted by Gasteiger charge is 2.09. The second-order valence-corrected chi connectivity index (χ2v) is 10.7.